The molecule has 0 fully saturated rings. The number of phenols is 1. The van der Waals surface area contributed by atoms with Gasteiger partial charge in [0.1, 0.15) is 11.5 Å². The molecule has 3 nitrogen and oxygen atoms in total. The van der Waals surface area contributed by atoms with Crippen LogP contribution in [0.1, 0.15) is 22.3 Å². The molecule has 1 aliphatic heterocycles. The summed E-state index contributed by atoms with van der Waals surface area (Å²) in [6, 6.07) is 48.6. The highest BCUT2D eigenvalue weighted by Gasteiger charge is 2.39. The first-order chi connectivity index (χ1) is 23.1. The van der Waals surface area contributed by atoms with E-state index in [2.05, 4.69) is 139 Å². The molecule has 0 spiro atoms. The third-order valence-corrected chi connectivity index (χ3v) is 10.2. The lowest BCUT2D eigenvalue weighted by atomic mass is 9.82. The van der Waals surface area contributed by atoms with Gasteiger partial charge in [0.15, 0.2) is 5.60 Å². The number of benzene rings is 7. The van der Waals surface area contributed by atoms with Gasteiger partial charge < -0.3 is 14.4 Å². The van der Waals surface area contributed by atoms with Crippen LogP contribution in [0.2, 0.25) is 0 Å². The maximum atomic E-state index is 10.3. The van der Waals surface area contributed by atoms with Gasteiger partial charge >= 0.3 is 0 Å². The second kappa shape index (κ2) is 9.48. The van der Waals surface area contributed by atoms with Crippen molar-refractivity contribution < 1.29 is 9.84 Å². The van der Waals surface area contributed by atoms with Crippen LogP contribution < -0.4 is 4.74 Å². The van der Waals surface area contributed by atoms with Crippen molar-refractivity contribution in [2.45, 2.75) is 12.5 Å². The molecular weight excluding hydrogens is 574 g/mol. The summed E-state index contributed by atoms with van der Waals surface area (Å²) in [6.45, 7) is 2.22. The van der Waals surface area contributed by atoms with Crippen molar-refractivity contribution in [2.75, 3.05) is 0 Å². The van der Waals surface area contributed by atoms with Crippen molar-refractivity contribution in [1.82, 2.24) is 4.57 Å². The molecule has 1 aromatic heterocycles. The van der Waals surface area contributed by atoms with Crippen LogP contribution in [0.5, 0.6) is 11.5 Å². The van der Waals surface area contributed by atoms with Gasteiger partial charge in [-0.25, -0.2) is 0 Å². The molecule has 47 heavy (non-hydrogen) atoms. The van der Waals surface area contributed by atoms with Gasteiger partial charge in [0, 0.05) is 43.9 Å². The lowest BCUT2D eigenvalue weighted by molar-refractivity contribution is 0.163. The first-order valence-electron chi connectivity index (χ1n) is 16.1. The van der Waals surface area contributed by atoms with Crippen LogP contribution in [0, 0.1) is 6.92 Å². The number of rotatable bonds is 3. The molecule has 0 saturated carbocycles. The van der Waals surface area contributed by atoms with E-state index >= 15 is 0 Å². The summed E-state index contributed by atoms with van der Waals surface area (Å²) in [4.78, 5) is 0. The van der Waals surface area contributed by atoms with E-state index in [9.17, 15) is 5.11 Å². The third-order valence-electron chi connectivity index (χ3n) is 10.2. The molecule has 0 radical (unpaired) electrons. The largest absolute Gasteiger partial charge is 0.508 e. The number of fused-ring (bicyclic) bond motifs is 8. The average Bonchev–Trinajstić information content (AvgIpc) is 3.65. The van der Waals surface area contributed by atoms with Crippen LogP contribution in [0.15, 0.2) is 146 Å². The Morgan fingerprint density at radius 3 is 1.85 bits per heavy atom. The molecule has 8 aromatic rings. The van der Waals surface area contributed by atoms with Gasteiger partial charge in [-0.3, -0.25) is 0 Å². The van der Waals surface area contributed by atoms with Gasteiger partial charge in [0.05, 0.1) is 11.0 Å². The van der Waals surface area contributed by atoms with Crippen molar-refractivity contribution >= 4 is 38.7 Å². The Morgan fingerprint density at radius 2 is 1.15 bits per heavy atom. The Hall–Kier alpha value is -6.06. The third kappa shape index (κ3) is 3.51. The van der Waals surface area contributed by atoms with E-state index in [1.165, 1.54) is 55.0 Å². The zero-order chi connectivity index (χ0) is 31.3. The van der Waals surface area contributed by atoms with Crippen LogP contribution in [-0.2, 0) is 5.60 Å². The highest BCUT2D eigenvalue weighted by Crippen LogP contribution is 2.55. The number of nitrogens with zero attached hydrogens (tertiary/aromatic N) is 1. The number of aromatic hydroxyl groups is 1. The Morgan fingerprint density at radius 1 is 0.574 bits per heavy atom. The Labute approximate surface area is 272 Å². The minimum atomic E-state index is -0.905. The molecule has 7 aromatic carbocycles. The van der Waals surface area contributed by atoms with Crippen LogP contribution in [0.3, 0.4) is 0 Å². The zero-order valence-corrected chi connectivity index (χ0v) is 25.7. The SMILES string of the molecule is Cc1c2c(c3cccc4c3c1-c1ccccc1-4)OC(c1ccc(O)cc1)(c1ccc(-n3c4ccccc4c4ccccc43)cc1)C=C2. The van der Waals surface area contributed by atoms with Gasteiger partial charge in [0.2, 0.25) is 0 Å². The van der Waals surface area contributed by atoms with Crippen molar-refractivity contribution in [3.05, 3.63) is 168 Å². The highest BCUT2D eigenvalue weighted by atomic mass is 16.5. The van der Waals surface area contributed by atoms with E-state index in [0.29, 0.717) is 0 Å². The van der Waals surface area contributed by atoms with Crippen molar-refractivity contribution in [1.29, 1.82) is 0 Å². The van der Waals surface area contributed by atoms with Crippen LogP contribution in [0.4, 0.5) is 0 Å². The zero-order valence-electron chi connectivity index (χ0n) is 25.7. The standard InChI is InChI=1S/C44H29NO2/c1-27-32-25-26-44(29-19-23-31(46)24-20-29,47-43(32)38-14-8-13-37-33-9-2-3-12-36(33)41(27)42(37)38)28-17-21-30(22-18-28)45-39-15-6-4-10-34(39)35-11-5-7-16-40(35)45/h2-26,46H,1H3. The summed E-state index contributed by atoms with van der Waals surface area (Å²) in [5.74, 6) is 1.11. The molecule has 1 aliphatic carbocycles. The molecule has 0 bridgehead atoms. The summed E-state index contributed by atoms with van der Waals surface area (Å²) in [5, 5.41) is 15.1. The molecule has 2 aliphatic rings. The van der Waals surface area contributed by atoms with Crippen molar-refractivity contribution in [3.8, 4) is 39.4 Å². The molecule has 1 unspecified atom stereocenters. The number of phenolic OH excluding ortho intramolecular Hbond substituents is 1. The fourth-order valence-electron chi connectivity index (χ4n) is 8.10. The fourth-order valence-corrected chi connectivity index (χ4v) is 8.10. The first-order valence-corrected chi connectivity index (χ1v) is 16.1. The lowest BCUT2D eigenvalue weighted by Gasteiger charge is -2.37. The number of hydrogen-bond acceptors (Lipinski definition) is 2. The molecular formula is C44H29NO2. The molecule has 0 amide bonds. The summed E-state index contributed by atoms with van der Waals surface area (Å²) in [6.07, 6.45) is 4.43. The Kier molecular flexibility index (Phi) is 5.28. The van der Waals surface area contributed by atoms with E-state index in [0.717, 1.165) is 33.5 Å². The highest BCUT2D eigenvalue weighted by molar-refractivity contribution is 6.19. The fraction of sp³-hybridized carbons (Fsp3) is 0.0455. The number of hydrogen-bond donors (Lipinski definition) is 1. The van der Waals surface area contributed by atoms with E-state index in [1.54, 1.807) is 12.1 Å². The van der Waals surface area contributed by atoms with Crippen molar-refractivity contribution in [2.24, 2.45) is 0 Å². The number of aromatic nitrogens is 1. The summed E-state index contributed by atoms with van der Waals surface area (Å²) in [7, 11) is 0. The maximum Gasteiger partial charge on any atom is 0.178 e. The first kappa shape index (κ1) is 26.2. The van der Waals surface area contributed by atoms with Gasteiger partial charge in [-0.2, -0.15) is 0 Å². The molecule has 222 valence electrons. The number of ether oxygens (including phenoxy) is 1. The predicted octanol–water partition coefficient (Wildman–Crippen LogP) is 10.9. The van der Waals surface area contributed by atoms with E-state index in [1.807, 2.05) is 12.1 Å². The normalized spacial score (nSPS) is 16.0. The van der Waals surface area contributed by atoms with E-state index in [4.69, 9.17) is 4.74 Å². The predicted molar refractivity (Wildman–Crippen MR) is 192 cm³/mol. The van der Waals surface area contributed by atoms with Gasteiger partial charge in [-0.05, 0) is 77.2 Å². The summed E-state index contributed by atoms with van der Waals surface area (Å²) < 4.78 is 9.69. The smallest absolute Gasteiger partial charge is 0.178 e. The lowest BCUT2D eigenvalue weighted by Crippen LogP contribution is -2.34. The van der Waals surface area contributed by atoms with Crippen LogP contribution in [0.25, 0.3) is 66.6 Å². The van der Waals surface area contributed by atoms with Gasteiger partial charge in [-0.1, -0.05) is 109 Å². The molecule has 2 heterocycles. The van der Waals surface area contributed by atoms with E-state index in [-0.39, 0.29) is 5.75 Å². The molecule has 0 saturated heterocycles. The van der Waals surface area contributed by atoms with E-state index < -0.39 is 5.60 Å². The second-order valence-electron chi connectivity index (χ2n) is 12.7. The number of para-hydroxylation sites is 2. The van der Waals surface area contributed by atoms with Gasteiger partial charge in [-0.15, -0.1) is 0 Å². The average molecular weight is 604 g/mol. The Balaban J connectivity index is 1.18. The quantitative estimate of drug-likeness (QED) is 0.218. The Bertz CT molecular complexity index is 2550. The summed E-state index contributed by atoms with van der Waals surface area (Å²) in [5.41, 5.74) is 11.9. The molecule has 1 atom stereocenters. The minimum absolute atomic E-state index is 0.227. The van der Waals surface area contributed by atoms with Gasteiger partial charge in [0.25, 0.3) is 0 Å². The molecule has 3 heteroatoms. The van der Waals surface area contributed by atoms with Crippen molar-refractivity contribution in [3.63, 3.8) is 0 Å². The monoisotopic (exact) mass is 603 g/mol. The second-order valence-corrected chi connectivity index (χ2v) is 12.7. The summed E-state index contributed by atoms with van der Waals surface area (Å²) >= 11 is 0. The molecule has 10 rings (SSSR count). The van der Waals surface area contributed by atoms with Crippen LogP contribution >= 0.6 is 0 Å². The topological polar surface area (TPSA) is 34.4 Å². The maximum absolute atomic E-state index is 10.3. The molecule has 1 N–H and O–H groups in total. The minimum Gasteiger partial charge on any atom is -0.508 e. The van der Waals surface area contributed by atoms with Crippen LogP contribution in [-0.4, -0.2) is 9.67 Å².